The van der Waals surface area contributed by atoms with Crippen LogP contribution in [0.5, 0.6) is 0 Å². The van der Waals surface area contributed by atoms with Crippen LogP contribution < -0.4 is 0 Å². The zero-order chi connectivity index (χ0) is 30.5. The van der Waals surface area contributed by atoms with E-state index in [-0.39, 0.29) is 0 Å². The first-order valence-electron chi connectivity index (χ1n) is 14.9. The van der Waals surface area contributed by atoms with Crippen molar-refractivity contribution in [3.05, 3.63) is 103 Å². The van der Waals surface area contributed by atoms with E-state index in [9.17, 15) is 0 Å². The van der Waals surface area contributed by atoms with Gasteiger partial charge in [0.15, 0.2) is 0 Å². The molecule has 1 aromatic heterocycles. The molecule has 3 aromatic carbocycles. The smallest absolute Gasteiger partial charge is 0.144 e. The molecule has 5 rings (SSSR count). The molecule has 0 N–H and O–H groups in total. The molecule has 0 bridgehead atoms. The minimum atomic E-state index is 0.298. The number of benzene rings is 3. The number of aryl methyl sites for hydroxylation is 1. The largest absolute Gasteiger partial charge is 0.463 e. The molecule has 0 fully saturated rings. The summed E-state index contributed by atoms with van der Waals surface area (Å²) in [5, 5.41) is 0. The van der Waals surface area contributed by atoms with Gasteiger partial charge in [-0.25, -0.2) is 9.98 Å². The van der Waals surface area contributed by atoms with Gasteiger partial charge < -0.3 is 4.42 Å². The molecule has 1 heterocycles. The van der Waals surface area contributed by atoms with E-state index in [1.165, 1.54) is 22.3 Å². The third kappa shape index (κ3) is 5.63. The quantitative estimate of drug-likeness (QED) is 0.199. The van der Waals surface area contributed by atoms with Crippen LogP contribution in [0, 0.1) is 6.92 Å². The van der Waals surface area contributed by atoms with Crippen molar-refractivity contribution in [1.82, 2.24) is 0 Å². The van der Waals surface area contributed by atoms with Crippen LogP contribution in [0.1, 0.15) is 118 Å². The fourth-order valence-corrected chi connectivity index (χ4v) is 6.81. The predicted octanol–water partition coefficient (Wildman–Crippen LogP) is 12.5. The van der Waals surface area contributed by atoms with Crippen molar-refractivity contribution < 1.29 is 4.42 Å². The molecule has 0 amide bonds. The van der Waals surface area contributed by atoms with E-state index in [4.69, 9.17) is 14.4 Å². The van der Waals surface area contributed by atoms with E-state index in [0.29, 0.717) is 23.7 Å². The van der Waals surface area contributed by atoms with Crippen molar-refractivity contribution in [2.24, 2.45) is 9.98 Å². The second kappa shape index (κ2) is 12.1. The summed E-state index contributed by atoms with van der Waals surface area (Å²) in [6, 6.07) is 17.3. The maximum absolute atomic E-state index is 6.24. The lowest BCUT2D eigenvalue weighted by Crippen LogP contribution is -2.23. The summed E-state index contributed by atoms with van der Waals surface area (Å²) in [4.78, 5) is 11.2. The number of furan rings is 1. The van der Waals surface area contributed by atoms with Crippen LogP contribution in [0.2, 0.25) is 0 Å². The van der Waals surface area contributed by atoms with Gasteiger partial charge in [0.25, 0.3) is 0 Å². The maximum Gasteiger partial charge on any atom is 0.144 e. The Kier molecular flexibility index (Phi) is 8.83. The lowest BCUT2D eigenvalue weighted by molar-refractivity contribution is 0.579. The van der Waals surface area contributed by atoms with Crippen LogP contribution >= 0.6 is 31.9 Å². The van der Waals surface area contributed by atoms with E-state index in [1.807, 2.05) is 6.26 Å². The Morgan fingerprint density at radius 1 is 0.595 bits per heavy atom. The van der Waals surface area contributed by atoms with E-state index in [2.05, 4.69) is 143 Å². The summed E-state index contributed by atoms with van der Waals surface area (Å²) in [7, 11) is 0. The molecule has 0 atom stereocenters. The van der Waals surface area contributed by atoms with Crippen molar-refractivity contribution >= 4 is 54.7 Å². The van der Waals surface area contributed by atoms with Gasteiger partial charge in [0, 0.05) is 20.1 Å². The maximum atomic E-state index is 6.24. The van der Waals surface area contributed by atoms with Gasteiger partial charge in [0.1, 0.15) is 11.5 Å². The average Bonchev–Trinajstić information content (AvgIpc) is 3.32. The number of nitrogens with zero attached hydrogens (tertiary/aromatic N) is 2. The van der Waals surface area contributed by atoms with E-state index >= 15 is 0 Å². The van der Waals surface area contributed by atoms with Crippen LogP contribution in [0.3, 0.4) is 0 Å². The first-order chi connectivity index (χ1) is 19.9. The standard InChI is InChI=1S/C37H40Br2N2O/c1-19(2)28-14-24(38)15-29(20(3)4)33(28)40-35-26-12-10-11-13-27(26)37-32(23(9)18-42-37)36(35)41-34-30(21(5)6)16-25(39)17-31(34)22(7)8/h10-22H,1-9H3. The molecule has 1 aliphatic rings. The fourth-order valence-electron chi connectivity index (χ4n) is 5.82. The molecular formula is C37H40Br2N2O. The van der Waals surface area contributed by atoms with E-state index in [0.717, 1.165) is 59.8 Å². The van der Waals surface area contributed by atoms with Gasteiger partial charge in [-0.2, -0.15) is 0 Å². The molecular weight excluding hydrogens is 648 g/mol. The summed E-state index contributed by atoms with van der Waals surface area (Å²) in [5.41, 5.74) is 12.9. The SMILES string of the molecule is Cc1coc2c1C(=Nc1c(C(C)C)cc(Br)cc1C(C)C)C(=Nc1c(C(C)C)cc(Br)cc1C(C)C)c1ccccc1-2. The molecule has 0 aliphatic heterocycles. The van der Waals surface area contributed by atoms with Crippen LogP contribution in [-0.4, -0.2) is 11.4 Å². The monoisotopic (exact) mass is 686 g/mol. The number of halogens is 2. The topological polar surface area (TPSA) is 37.9 Å². The molecule has 218 valence electrons. The Morgan fingerprint density at radius 2 is 1.00 bits per heavy atom. The second-order valence-electron chi connectivity index (χ2n) is 12.6. The predicted molar refractivity (Wildman–Crippen MR) is 186 cm³/mol. The highest BCUT2D eigenvalue weighted by molar-refractivity contribution is 9.10. The molecule has 0 spiro atoms. The highest BCUT2D eigenvalue weighted by atomic mass is 79.9. The minimum absolute atomic E-state index is 0.298. The Morgan fingerprint density at radius 3 is 1.43 bits per heavy atom. The van der Waals surface area contributed by atoms with E-state index in [1.54, 1.807) is 0 Å². The highest BCUT2D eigenvalue weighted by Gasteiger charge is 2.33. The van der Waals surface area contributed by atoms with Gasteiger partial charge in [-0.05, 0) is 82.7 Å². The summed E-state index contributed by atoms with van der Waals surface area (Å²) in [5.74, 6) is 2.06. The number of fused-ring (bicyclic) bond motifs is 3. The van der Waals surface area contributed by atoms with Crippen molar-refractivity contribution in [3.63, 3.8) is 0 Å². The molecule has 1 aliphatic carbocycles. The third-order valence-electron chi connectivity index (χ3n) is 8.07. The summed E-state index contributed by atoms with van der Waals surface area (Å²) in [6.45, 7) is 20.0. The van der Waals surface area contributed by atoms with Crippen LogP contribution in [0.15, 0.2) is 78.1 Å². The first-order valence-corrected chi connectivity index (χ1v) is 16.5. The van der Waals surface area contributed by atoms with Crippen molar-refractivity contribution in [1.29, 1.82) is 0 Å². The van der Waals surface area contributed by atoms with Gasteiger partial charge >= 0.3 is 0 Å². The zero-order valence-electron chi connectivity index (χ0n) is 26.1. The van der Waals surface area contributed by atoms with Gasteiger partial charge in [0.2, 0.25) is 0 Å². The molecule has 0 saturated heterocycles. The normalized spacial score (nSPS) is 15.0. The minimum Gasteiger partial charge on any atom is -0.463 e. The summed E-state index contributed by atoms with van der Waals surface area (Å²) >= 11 is 7.55. The molecule has 42 heavy (non-hydrogen) atoms. The van der Waals surface area contributed by atoms with Crippen LogP contribution in [0.4, 0.5) is 11.4 Å². The zero-order valence-corrected chi connectivity index (χ0v) is 29.2. The van der Waals surface area contributed by atoms with Crippen molar-refractivity contribution in [2.75, 3.05) is 0 Å². The molecule has 5 heteroatoms. The lowest BCUT2D eigenvalue weighted by Gasteiger charge is -2.24. The number of rotatable bonds is 6. The Balaban J connectivity index is 1.94. The van der Waals surface area contributed by atoms with Crippen LogP contribution in [0.25, 0.3) is 11.3 Å². The molecule has 3 nitrogen and oxygen atoms in total. The van der Waals surface area contributed by atoms with Crippen molar-refractivity contribution in [2.45, 2.75) is 86.0 Å². The number of aliphatic imine (C=N–C) groups is 2. The second-order valence-corrected chi connectivity index (χ2v) is 14.4. The van der Waals surface area contributed by atoms with Gasteiger partial charge in [-0.3, -0.25) is 0 Å². The third-order valence-corrected chi connectivity index (χ3v) is 8.98. The summed E-state index contributed by atoms with van der Waals surface area (Å²) < 4.78 is 8.41. The van der Waals surface area contributed by atoms with Crippen molar-refractivity contribution in [3.8, 4) is 11.3 Å². The molecule has 0 saturated carbocycles. The van der Waals surface area contributed by atoms with Gasteiger partial charge in [-0.15, -0.1) is 0 Å². The number of hydrogen-bond acceptors (Lipinski definition) is 3. The van der Waals surface area contributed by atoms with Gasteiger partial charge in [0.05, 0.1) is 28.9 Å². The Labute approximate surface area is 267 Å². The Hall–Kier alpha value is -2.76. The number of hydrogen-bond donors (Lipinski definition) is 0. The fraction of sp³-hybridized carbons (Fsp3) is 0.351. The lowest BCUT2D eigenvalue weighted by atomic mass is 9.85. The summed E-state index contributed by atoms with van der Waals surface area (Å²) in [6.07, 6.45) is 1.85. The van der Waals surface area contributed by atoms with Crippen LogP contribution in [-0.2, 0) is 0 Å². The highest BCUT2D eigenvalue weighted by Crippen LogP contribution is 2.44. The average molecular weight is 689 g/mol. The van der Waals surface area contributed by atoms with E-state index < -0.39 is 0 Å². The molecule has 0 unspecified atom stereocenters. The molecule has 4 aromatic rings. The van der Waals surface area contributed by atoms with Gasteiger partial charge in [-0.1, -0.05) is 112 Å². The first kappa shape index (κ1) is 30.7. The molecule has 0 radical (unpaired) electrons. The Bertz CT molecular complexity index is 1660.